The maximum absolute atomic E-state index is 5.46. The van der Waals surface area contributed by atoms with Crippen molar-refractivity contribution in [2.24, 2.45) is 5.84 Å². The molecule has 102 valence electrons. The molecule has 6 nitrogen and oxygen atoms in total. The number of rotatable bonds is 4. The maximum atomic E-state index is 5.46. The summed E-state index contributed by atoms with van der Waals surface area (Å²) in [6, 6.07) is 2.18. The van der Waals surface area contributed by atoms with Crippen LogP contribution in [0.15, 0.2) is 18.5 Å². The first kappa shape index (κ1) is 13.5. The number of nitrogens with zero attached hydrogens (tertiary/aromatic N) is 4. The zero-order valence-electron chi connectivity index (χ0n) is 11.8. The third-order valence-corrected chi connectivity index (χ3v) is 2.87. The van der Waals surface area contributed by atoms with E-state index >= 15 is 0 Å². The van der Waals surface area contributed by atoms with Crippen LogP contribution in [-0.2, 0) is 0 Å². The van der Waals surface area contributed by atoms with Gasteiger partial charge in [0.05, 0.1) is 11.8 Å². The predicted octanol–water partition coefficient (Wildman–Crippen LogP) is 2.33. The predicted molar refractivity (Wildman–Crippen MR) is 75.5 cm³/mol. The monoisotopic (exact) mass is 260 g/mol. The highest BCUT2D eigenvalue weighted by Gasteiger charge is 2.11. The molecule has 0 aliphatic heterocycles. The Morgan fingerprint density at radius 1 is 1.21 bits per heavy atom. The Morgan fingerprint density at radius 3 is 2.47 bits per heavy atom. The van der Waals surface area contributed by atoms with Gasteiger partial charge < -0.3 is 5.43 Å². The van der Waals surface area contributed by atoms with Crippen LogP contribution in [0.1, 0.15) is 45.3 Å². The van der Waals surface area contributed by atoms with Gasteiger partial charge in [-0.05, 0) is 19.8 Å². The highest BCUT2D eigenvalue weighted by atomic mass is 15.3. The van der Waals surface area contributed by atoms with Gasteiger partial charge in [0.25, 0.3) is 0 Å². The van der Waals surface area contributed by atoms with Crippen molar-refractivity contribution in [1.29, 1.82) is 0 Å². The summed E-state index contributed by atoms with van der Waals surface area (Å²) >= 11 is 0. The van der Waals surface area contributed by atoms with Crippen LogP contribution in [0, 0.1) is 0 Å². The second-order valence-electron chi connectivity index (χ2n) is 5.10. The van der Waals surface area contributed by atoms with Gasteiger partial charge in [-0.25, -0.2) is 15.8 Å². The Bertz CT molecular complexity index is 558. The van der Waals surface area contributed by atoms with Crippen LogP contribution in [0.4, 0.5) is 5.82 Å². The Hall–Kier alpha value is -1.95. The van der Waals surface area contributed by atoms with E-state index in [0.29, 0.717) is 23.6 Å². The largest absolute Gasteiger partial charge is 0.308 e. The van der Waals surface area contributed by atoms with Crippen molar-refractivity contribution in [3.8, 4) is 11.4 Å². The standard InChI is InChI=1S/C13H20N6/c1-8(2)11-5-12(18-14)17-13(16-11)10-6-15-19(7-10)9(3)4/h5-9H,14H2,1-4H3,(H,16,17,18). The molecule has 0 fully saturated rings. The number of hydrogen-bond acceptors (Lipinski definition) is 5. The molecule has 0 unspecified atom stereocenters. The minimum atomic E-state index is 0.314. The average Bonchev–Trinajstić information content (AvgIpc) is 2.87. The van der Waals surface area contributed by atoms with Gasteiger partial charge in [0.15, 0.2) is 5.82 Å². The molecule has 0 aliphatic rings. The second kappa shape index (κ2) is 5.36. The second-order valence-corrected chi connectivity index (χ2v) is 5.10. The fourth-order valence-corrected chi connectivity index (χ4v) is 1.70. The topological polar surface area (TPSA) is 81.6 Å². The van der Waals surface area contributed by atoms with E-state index < -0.39 is 0 Å². The minimum Gasteiger partial charge on any atom is -0.308 e. The van der Waals surface area contributed by atoms with Crippen LogP contribution in [0.3, 0.4) is 0 Å². The lowest BCUT2D eigenvalue weighted by molar-refractivity contribution is 0.532. The summed E-state index contributed by atoms with van der Waals surface area (Å²) in [6.07, 6.45) is 3.73. The van der Waals surface area contributed by atoms with Crippen molar-refractivity contribution in [2.45, 2.75) is 39.7 Å². The summed E-state index contributed by atoms with van der Waals surface area (Å²) in [7, 11) is 0. The summed E-state index contributed by atoms with van der Waals surface area (Å²) in [4.78, 5) is 8.94. The van der Waals surface area contributed by atoms with Crippen molar-refractivity contribution >= 4 is 5.82 Å². The summed E-state index contributed by atoms with van der Waals surface area (Å²) < 4.78 is 1.89. The van der Waals surface area contributed by atoms with Gasteiger partial charge in [-0.3, -0.25) is 4.68 Å². The molecular formula is C13H20N6. The SMILES string of the molecule is CC(C)c1cc(NN)nc(-c2cnn(C(C)C)c2)n1. The quantitative estimate of drug-likeness (QED) is 0.651. The Morgan fingerprint density at radius 2 is 1.95 bits per heavy atom. The van der Waals surface area contributed by atoms with Crippen LogP contribution in [0.2, 0.25) is 0 Å². The van der Waals surface area contributed by atoms with Gasteiger partial charge >= 0.3 is 0 Å². The first-order valence-corrected chi connectivity index (χ1v) is 6.41. The molecule has 0 aromatic carbocycles. The van der Waals surface area contributed by atoms with Crippen molar-refractivity contribution in [2.75, 3.05) is 5.43 Å². The number of nitrogens with one attached hydrogen (secondary N) is 1. The number of nitrogen functional groups attached to an aromatic ring is 1. The summed E-state index contributed by atoms with van der Waals surface area (Å²) in [6.45, 7) is 8.33. The molecule has 0 amide bonds. The van der Waals surface area contributed by atoms with Gasteiger partial charge in [0, 0.05) is 24.0 Å². The van der Waals surface area contributed by atoms with Crippen LogP contribution in [0.5, 0.6) is 0 Å². The third-order valence-electron chi connectivity index (χ3n) is 2.87. The van der Waals surface area contributed by atoms with Gasteiger partial charge in [0.1, 0.15) is 5.82 Å². The van der Waals surface area contributed by atoms with E-state index in [0.717, 1.165) is 11.3 Å². The van der Waals surface area contributed by atoms with E-state index in [4.69, 9.17) is 5.84 Å². The highest BCUT2D eigenvalue weighted by Crippen LogP contribution is 2.21. The molecule has 0 bridgehead atoms. The van der Waals surface area contributed by atoms with Crippen LogP contribution in [0.25, 0.3) is 11.4 Å². The Labute approximate surface area is 113 Å². The summed E-state index contributed by atoms with van der Waals surface area (Å²) in [5.74, 6) is 7.03. The van der Waals surface area contributed by atoms with E-state index in [1.165, 1.54) is 0 Å². The fourth-order valence-electron chi connectivity index (χ4n) is 1.70. The number of aromatic nitrogens is 4. The lowest BCUT2D eigenvalue weighted by Gasteiger charge is -2.09. The number of anilines is 1. The zero-order chi connectivity index (χ0) is 14.0. The van der Waals surface area contributed by atoms with Crippen molar-refractivity contribution in [3.05, 3.63) is 24.2 Å². The molecule has 0 saturated carbocycles. The highest BCUT2D eigenvalue weighted by molar-refractivity contribution is 5.55. The molecule has 0 aliphatic carbocycles. The van der Waals surface area contributed by atoms with Crippen molar-refractivity contribution in [3.63, 3.8) is 0 Å². The Kier molecular flexibility index (Phi) is 3.80. The molecule has 0 saturated heterocycles. The normalized spacial score (nSPS) is 11.3. The number of hydrazine groups is 1. The van der Waals surface area contributed by atoms with Crippen LogP contribution in [-0.4, -0.2) is 19.7 Å². The Balaban J connectivity index is 2.45. The molecule has 6 heteroatoms. The van der Waals surface area contributed by atoms with E-state index in [2.05, 4.69) is 48.2 Å². The molecule has 2 aromatic rings. The summed E-state index contributed by atoms with van der Waals surface area (Å²) in [5.41, 5.74) is 4.43. The molecule has 2 rings (SSSR count). The molecule has 19 heavy (non-hydrogen) atoms. The van der Waals surface area contributed by atoms with Crippen molar-refractivity contribution in [1.82, 2.24) is 19.7 Å². The molecule has 2 aromatic heterocycles. The molecule has 0 radical (unpaired) electrons. The zero-order valence-corrected chi connectivity index (χ0v) is 11.8. The maximum Gasteiger partial charge on any atom is 0.165 e. The van der Waals surface area contributed by atoms with Gasteiger partial charge in [-0.1, -0.05) is 13.8 Å². The van der Waals surface area contributed by atoms with E-state index in [1.807, 2.05) is 16.9 Å². The molecular weight excluding hydrogens is 240 g/mol. The number of hydrogen-bond donors (Lipinski definition) is 2. The van der Waals surface area contributed by atoms with Gasteiger partial charge in [-0.2, -0.15) is 5.10 Å². The first-order valence-electron chi connectivity index (χ1n) is 6.41. The first-order chi connectivity index (χ1) is 9.01. The van der Waals surface area contributed by atoms with Gasteiger partial charge in [-0.15, -0.1) is 0 Å². The molecule has 0 spiro atoms. The smallest absolute Gasteiger partial charge is 0.165 e. The van der Waals surface area contributed by atoms with Crippen molar-refractivity contribution < 1.29 is 0 Å². The average molecular weight is 260 g/mol. The third kappa shape index (κ3) is 2.90. The van der Waals surface area contributed by atoms with Gasteiger partial charge in [0.2, 0.25) is 0 Å². The lowest BCUT2D eigenvalue weighted by atomic mass is 10.1. The van der Waals surface area contributed by atoms with E-state index in [9.17, 15) is 0 Å². The fraction of sp³-hybridized carbons (Fsp3) is 0.462. The lowest BCUT2D eigenvalue weighted by Crippen LogP contribution is -2.11. The molecule has 2 heterocycles. The summed E-state index contributed by atoms with van der Waals surface area (Å²) in [5, 5.41) is 4.31. The minimum absolute atomic E-state index is 0.314. The van der Waals surface area contributed by atoms with Crippen LogP contribution >= 0.6 is 0 Å². The molecule has 3 N–H and O–H groups in total. The van der Waals surface area contributed by atoms with E-state index in [1.54, 1.807) is 6.20 Å². The number of nitrogens with two attached hydrogens (primary N) is 1. The van der Waals surface area contributed by atoms with Crippen LogP contribution < -0.4 is 11.3 Å². The van der Waals surface area contributed by atoms with E-state index in [-0.39, 0.29) is 0 Å². The molecule has 0 atom stereocenters.